The van der Waals surface area contributed by atoms with E-state index >= 15 is 0 Å². The average Bonchev–Trinajstić information content (AvgIpc) is 2.40. The van der Waals surface area contributed by atoms with Crippen LogP contribution in [0.3, 0.4) is 0 Å². The van der Waals surface area contributed by atoms with Crippen LogP contribution in [0, 0.1) is 6.92 Å². The van der Waals surface area contributed by atoms with Crippen molar-refractivity contribution in [2.75, 3.05) is 0 Å². The van der Waals surface area contributed by atoms with Crippen molar-refractivity contribution >= 4 is 15.9 Å². The third-order valence-corrected chi connectivity index (χ3v) is 3.63. The van der Waals surface area contributed by atoms with Crippen molar-refractivity contribution in [1.82, 2.24) is 9.78 Å². The Morgan fingerprint density at radius 3 is 2.60 bits per heavy atom. The summed E-state index contributed by atoms with van der Waals surface area (Å²) in [5.41, 5.74) is 2.18. The molecule has 15 heavy (non-hydrogen) atoms. The first kappa shape index (κ1) is 12.7. The van der Waals surface area contributed by atoms with Crippen LogP contribution in [-0.2, 0) is 13.5 Å². The Balaban J connectivity index is 2.57. The van der Waals surface area contributed by atoms with Gasteiger partial charge in [-0.2, -0.15) is 5.10 Å². The first-order valence-electron chi connectivity index (χ1n) is 5.42. The van der Waals surface area contributed by atoms with Crippen molar-refractivity contribution in [3.63, 3.8) is 0 Å². The Bertz CT molecular complexity index is 323. The van der Waals surface area contributed by atoms with E-state index in [1.165, 1.54) is 5.69 Å². The lowest BCUT2D eigenvalue weighted by molar-refractivity contribution is 0.153. The molecule has 0 fully saturated rings. The number of nitrogens with zero attached hydrogens (tertiary/aromatic N) is 2. The molecule has 1 rings (SSSR count). The van der Waals surface area contributed by atoms with Crippen LogP contribution in [-0.4, -0.2) is 21.0 Å². The van der Waals surface area contributed by atoms with Crippen molar-refractivity contribution in [3.05, 3.63) is 15.9 Å². The molecule has 1 N–H and O–H groups in total. The molecule has 0 radical (unpaired) electrons. The number of hydrogen-bond acceptors (Lipinski definition) is 2. The molecule has 0 aliphatic carbocycles. The zero-order chi connectivity index (χ0) is 11.4. The summed E-state index contributed by atoms with van der Waals surface area (Å²) in [6.07, 6.45) is 3.42. The fourth-order valence-corrected chi connectivity index (χ4v) is 2.27. The van der Waals surface area contributed by atoms with E-state index < -0.39 is 0 Å². The minimum absolute atomic E-state index is 0.183. The molecule has 0 bridgehead atoms. The molecule has 3 nitrogen and oxygen atoms in total. The Labute approximate surface area is 99.6 Å². The molecule has 0 saturated carbocycles. The van der Waals surface area contributed by atoms with Gasteiger partial charge < -0.3 is 5.11 Å². The molecule has 1 unspecified atom stereocenters. The number of aryl methyl sites for hydroxylation is 2. The molecule has 86 valence electrons. The van der Waals surface area contributed by atoms with Gasteiger partial charge in [0.1, 0.15) is 0 Å². The number of aliphatic hydroxyl groups is 1. The maximum absolute atomic E-state index is 9.65. The molecule has 1 aromatic rings. The first-order valence-corrected chi connectivity index (χ1v) is 6.21. The van der Waals surface area contributed by atoms with Crippen molar-refractivity contribution in [2.45, 2.75) is 45.6 Å². The Kier molecular flexibility index (Phi) is 4.80. The van der Waals surface area contributed by atoms with Gasteiger partial charge in [-0.3, -0.25) is 4.68 Å². The maximum Gasteiger partial charge on any atom is 0.0738 e. The molecule has 0 aliphatic rings. The Hall–Kier alpha value is -0.350. The van der Waals surface area contributed by atoms with E-state index in [1.54, 1.807) is 0 Å². The van der Waals surface area contributed by atoms with Crippen LogP contribution in [0.5, 0.6) is 0 Å². The minimum atomic E-state index is -0.183. The third-order valence-electron chi connectivity index (χ3n) is 2.60. The molecule has 4 heteroatoms. The molecule has 0 aromatic carbocycles. The molecule has 1 atom stereocenters. The fraction of sp³-hybridized carbons (Fsp3) is 0.727. The van der Waals surface area contributed by atoms with Crippen LogP contribution in [0.2, 0.25) is 0 Å². The molecular formula is C11H19BrN2O. The highest BCUT2D eigenvalue weighted by Gasteiger charge is 2.12. The first-order chi connectivity index (χ1) is 7.06. The Morgan fingerprint density at radius 2 is 2.13 bits per heavy atom. The summed E-state index contributed by atoms with van der Waals surface area (Å²) in [6.45, 7) is 4.07. The predicted octanol–water partition coefficient (Wildman–Crippen LogP) is 2.58. The highest BCUT2D eigenvalue weighted by atomic mass is 79.9. The highest BCUT2D eigenvalue weighted by Crippen LogP contribution is 2.22. The van der Waals surface area contributed by atoms with Gasteiger partial charge in [0, 0.05) is 7.05 Å². The SMILES string of the molecule is CCCC(O)CCc1c(Br)c(C)nn1C. The van der Waals surface area contributed by atoms with Crippen LogP contribution in [0.1, 0.15) is 37.6 Å². The standard InChI is InChI=1S/C11H19BrN2O/c1-4-5-9(15)6-7-10-11(12)8(2)13-14(10)3/h9,15H,4-7H2,1-3H3. The molecular weight excluding hydrogens is 256 g/mol. The van der Waals surface area contributed by atoms with Crippen LogP contribution < -0.4 is 0 Å². The summed E-state index contributed by atoms with van der Waals surface area (Å²) >= 11 is 3.53. The van der Waals surface area contributed by atoms with Gasteiger partial charge in [0.2, 0.25) is 0 Å². The maximum atomic E-state index is 9.65. The number of aromatic nitrogens is 2. The monoisotopic (exact) mass is 274 g/mol. The second kappa shape index (κ2) is 5.66. The lowest BCUT2D eigenvalue weighted by atomic mass is 10.1. The van der Waals surface area contributed by atoms with Crippen molar-refractivity contribution in [2.24, 2.45) is 7.05 Å². The second-order valence-corrected chi connectivity index (χ2v) is 4.74. The van der Waals surface area contributed by atoms with Crippen molar-refractivity contribution in [3.8, 4) is 0 Å². The number of hydrogen-bond donors (Lipinski definition) is 1. The van der Waals surface area contributed by atoms with Gasteiger partial charge in [0.25, 0.3) is 0 Å². The van der Waals surface area contributed by atoms with E-state index in [0.29, 0.717) is 0 Å². The highest BCUT2D eigenvalue weighted by molar-refractivity contribution is 9.10. The summed E-state index contributed by atoms with van der Waals surface area (Å²) in [7, 11) is 1.94. The number of rotatable bonds is 5. The van der Waals surface area contributed by atoms with Gasteiger partial charge in [-0.05, 0) is 42.1 Å². The van der Waals surface area contributed by atoms with Crippen molar-refractivity contribution in [1.29, 1.82) is 0 Å². The predicted molar refractivity (Wildman–Crippen MR) is 64.9 cm³/mol. The summed E-state index contributed by atoms with van der Waals surface area (Å²) < 4.78 is 2.96. The van der Waals surface area contributed by atoms with E-state index in [-0.39, 0.29) is 6.10 Å². The molecule has 1 heterocycles. The van der Waals surface area contributed by atoms with Gasteiger partial charge in [-0.1, -0.05) is 13.3 Å². The zero-order valence-corrected chi connectivity index (χ0v) is 11.2. The van der Waals surface area contributed by atoms with Crippen LogP contribution in [0.15, 0.2) is 4.47 Å². The van der Waals surface area contributed by atoms with Gasteiger partial charge in [0.05, 0.1) is 22.0 Å². The lowest BCUT2D eigenvalue weighted by Crippen LogP contribution is -2.09. The van der Waals surface area contributed by atoms with E-state index in [0.717, 1.165) is 35.8 Å². The zero-order valence-electron chi connectivity index (χ0n) is 9.63. The van der Waals surface area contributed by atoms with E-state index in [4.69, 9.17) is 0 Å². The van der Waals surface area contributed by atoms with Gasteiger partial charge in [-0.15, -0.1) is 0 Å². The van der Waals surface area contributed by atoms with E-state index in [9.17, 15) is 5.11 Å². The molecule has 1 aromatic heterocycles. The van der Waals surface area contributed by atoms with E-state index in [1.807, 2.05) is 18.7 Å². The topological polar surface area (TPSA) is 38.1 Å². The molecule has 0 aliphatic heterocycles. The van der Waals surface area contributed by atoms with Crippen LogP contribution in [0.25, 0.3) is 0 Å². The lowest BCUT2D eigenvalue weighted by Gasteiger charge is -2.09. The number of aliphatic hydroxyl groups excluding tert-OH is 1. The van der Waals surface area contributed by atoms with E-state index in [2.05, 4.69) is 28.0 Å². The molecule has 0 amide bonds. The summed E-state index contributed by atoms with van der Waals surface area (Å²) in [5.74, 6) is 0. The largest absolute Gasteiger partial charge is 0.393 e. The van der Waals surface area contributed by atoms with Gasteiger partial charge in [-0.25, -0.2) is 0 Å². The summed E-state index contributed by atoms with van der Waals surface area (Å²) in [5, 5.41) is 14.0. The normalized spacial score (nSPS) is 13.1. The molecule has 0 saturated heterocycles. The van der Waals surface area contributed by atoms with Crippen LogP contribution >= 0.6 is 15.9 Å². The van der Waals surface area contributed by atoms with Crippen molar-refractivity contribution < 1.29 is 5.11 Å². The second-order valence-electron chi connectivity index (χ2n) is 3.95. The summed E-state index contributed by atoms with van der Waals surface area (Å²) in [4.78, 5) is 0. The quantitative estimate of drug-likeness (QED) is 0.897. The van der Waals surface area contributed by atoms with Crippen LogP contribution in [0.4, 0.5) is 0 Å². The Morgan fingerprint density at radius 1 is 1.47 bits per heavy atom. The van der Waals surface area contributed by atoms with Gasteiger partial charge >= 0.3 is 0 Å². The average molecular weight is 275 g/mol. The minimum Gasteiger partial charge on any atom is -0.393 e. The summed E-state index contributed by atoms with van der Waals surface area (Å²) in [6, 6.07) is 0. The fourth-order valence-electron chi connectivity index (χ4n) is 1.73. The smallest absolute Gasteiger partial charge is 0.0738 e. The molecule has 0 spiro atoms. The van der Waals surface area contributed by atoms with Gasteiger partial charge in [0.15, 0.2) is 0 Å². The third kappa shape index (κ3) is 3.31. The number of halogens is 1.